The zero-order valence-electron chi connectivity index (χ0n) is 9.27. The van der Waals surface area contributed by atoms with Gasteiger partial charge in [0.05, 0.1) is 11.0 Å². The van der Waals surface area contributed by atoms with E-state index in [0.29, 0.717) is 5.69 Å². The SMILES string of the molecule is CC(=O)c1nn(-c2ccc(O)cc2)/c(=N/N=O)s1. The van der Waals surface area contributed by atoms with Gasteiger partial charge in [-0.25, -0.2) is 4.68 Å². The second kappa shape index (κ2) is 4.88. The van der Waals surface area contributed by atoms with Crippen LogP contribution in [0.4, 0.5) is 0 Å². The number of carbonyl (C=O) groups excluding carboxylic acids is 1. The summed E-state index contributed by atoms with van der Waals surface area (Å²) >= 11 is 0.971. The Balaban J connectivity index is 2.62. The van der Waals surface area contributed by atoms with Gasteiger partial charge in [0.15, 0.2) is 10.8 Å². The first-order valence-electron chi connectivity index (χ1n) is 4.88. The molecule has 1 aromatic carbocycles. The van der Waals surface area contributed by atoms with Gasteiger partial charge in [0.25, 0.3) is 0 Å². The van der Waals surface area contributed by atoms with E-state index in [2.05, 4.69) is 15.5 Å². The molecule has 8 heteroatoms. The average Bonchev–Trinajstić information content (AvgIpc) is 2.75. The van der Waals surface area contributed by atoms with E-state index in [-0.39, 0.29) is 21.3 Å². The fourth-order valence-corrected chi connectivity index (χ4v) is 2.03. The molecule has 0 atom stereocenters. The van der Waals surface area contributed by atoms with Crippen LogP contribution in [0.15, 0.2) is 34.7 Å². The lowest BCUT2D eigenvalue weighted by Gasteiger charge is -1.99. The molecule has 0 fully saturated rings. The number of rotatable bonds is 3. The summed E-state index contributed by atoms with van der Waals surface area (Å²) in [5, 5.41) is 19.3. The number of aromatic nitrogens is 2. The first-order chi connectivity index (χ1) is 8.61. The van der Waals surface area contributed by atoms with Crippen molar-refractivity contribution in [3.8, 4) is 11.4 Å². The molecule has 0 aliphatic carbocycles. The molecule has 0 unspecified atom stereocenters. The molecule has 0 bridgehead atoms. The standard InChI is InChI=1S/C10H8N4O3S/c1-6(15)9-12-14(10(18-9)11-13-17)7-2-4-8(16)5-3-7/h2-5,16H,1H3/b11-10-. The van der Waals surface area contributed by atoms with Crippen LogP contribution in [0.3, 0.4) is 0 Å². The van der Waals surface area contributed by atoms with Crippen LogP contribution >= 0.6 is 11.3 Å². The third-order valence-electron chi connectivity index (χ3n) is 2.08. The summed E-state index contributed by atoms with van der Waals surface area (Å²) in [6, 6.07) is 6.10. The topological polar surface area (TPSA) is 96.9 Å². The molecule has 0 radical (unpaired) electrons. The third kappa shape index (κ3) is 2.33. The number of phenols is 1. The van der Waals surface area contributed by atoms with Crippen LogP contribution in [0.5, 0.6) is 5.75 Å². The predicted octanol–water partition coefficient (Wildman–Crippen LogP) is 1.42. The first-order valence-corrected chi connectivity index (χ1v) is 5.70. The Labute approximate surface area is 105 Å². The van der Waals surface area contributed by atoms with E-state index in [9.17, 15) is 14.8 Å². The highest BCUT2D eigenvalue weighted by molar-refractivity contribution is 7.10. The summed E-state index contributed by atoms with van der Waals surface area (Å²) in [5.41, 5.74) is 0.568. The molecular weight excluding hydrogens is 256 g/mol. The van der Waals surface area contributed by atoms with E-state index in [0.717, 1.165) is 11.3 Å². The van der Waals surface area contributed by atoms with Crippen molar-refractivity contribution >= 4 is 17.1 Å². The summed E-state index contributed by atoms with van der Waals surface area (Å²) < 4.78 is 1.32. The highest BCUT2D eigenvalue weighted by Gasteiger charge is 2.10. The van der Waals surface area contributed by atoms with Crippen molar-refractivity contribution in [3.05, 3.63) is 39.0 Å². The van der Waals surface area contributed by atoms with Gasteiger partial charge in [0.1, 0.15) is 5.75 Å². The van der Waals surface area contributed by atoms with Gasteiger partial charge in [-0.2, -0.15) is 5.10 Å². The fourth-order valence-electron chi connectivity index (χ4n) is 1.29. The van der Waals surface area contributed by atoms with E-state index in [1.807, 2.05) is 0 Å². The quantitative estimate of drug-likeness (QED) is 0.515. The molecule has 0 aliphatic rings. The number of nitroso groups, excluding NO2 is 1. The molecular formula is C10H8N4O3S. The van der Waals surface area contributed by atoms with Crippen LogP contribution in [0.2, 0.25) is 0 Å². The number of phenolic OH excluding ortho intramolecular Hbond substituents is 1. The summed E-state index contributed by atoms with van der Waals surface area (Å²) in [5.74, 6) is -0.117. The highest BCUT2D eigenvalue weighted by Crippen LogP contribution is 2.13. The number of hydrogen-bond donors (Lipinski definition) is 1. The first kappa shape index (κ1) is 12.1. The number of carbonyl (C=O) groups is 1. The monoisotopic (exact) mass is 264 g/mol. The Kier molecular flexibility index (Phi) is 3.28. The van der Waals surface area contributed by atoms with Gasteiger partial charge in [0, 0.05) is 6.92 Å². The molecule has 1 N–H and O–H groups in total. The number of aromatic hydroxyl groups is 1. The summed E-state index contributed by atoms with van der Waals surface area (Å²) in [4.78, 5) is 21.7. The summed E-state index contributed by atoms with van der Waals surface area (Å²) in [6.45, 7) is 1.37. The van der Waals surface area contributed by atoms with Crippen molar-refractivity contribution in [3.63, 3.8) is 0 Å². The maximum absolute atomic E-state index is 11.2. The van der Waals surface area contributed by atoms with Crippen LogP contribution in [0.1, 0.15) is 16.7 Å². The van der Waals surface area contributed by atoms with Gasteiger partial charge in [-0.1, -0.05) is 16.4 Å². The number of Topliss-reactive ketones (excluding diaryl/α,β-unsaturated/α-hetero) is 1. The Morgan fingerprint density at radius 2 is 2.06 bits per heavy atom. The number of ketones is 1. The second-order valence-corrected chi connectivity index (χ2v) is 4.31. The lowest BCUT2D eigenvalue weighted by Crippen LogP contribution is -2.13. The lowest BCUT2D eigenvalue weighted by atomic mass is 10.3. The maximum atomic E-state index is 11.2. The normalized spacial score (nSPS) is 11.5. The molecule has 0 amide bonds. The van der Waals surface area contributed by atoms with Gasteiger partial charge < -0.3 is 5.11 Å². The van der Waals surface area contributed by atoms with Crippen LogP contribution in [0, 0.1) is 4.91 Å². The summed E-state index contributed by atoms with van der Waals surface area (Å²) in [6.07, 6.45) is 0. The Hall–Kier alpha value is -2.35. The van der Waals surface area contributed by atoms with Crippen molar-refractivity contribution in [2.45, 2.75) is 6.92 Å². The van der Waals surface area contributed by atoms with E-state index in [1.54, 1.807) is 12.1 Å². The van der Waals surface area contributed by atoms with Gasteiger partial charge in [-0.15, -0.1) is 4.91 Å². The van der Waals surface area contributed by atoms with Crippen molar-refractivity contribution in [1.82, 2.24) is 9.78 Å². The van der Waals surface area contributed by atoms with Crippen LogP contribution < -0.4 is 4.80 Å². The Bertz CT molecular complexity index is 657. The van der Waals surface area contributed by atoms with Crippen LogP contribution in [0.25, 0.3) is 5.69 Å². The molecule has 7 nitrogen and oxygen atoms in total. The van der Waals surface area contributed by atoms with Crippen molar-refractivity contribution in [1.29, 1.82) is 0 Å². The zero-order chi connectivity index (χ0) is 13.1. The van der Waals surface area contributed by atoms with Gasteiger partial charge >= 0.3 is 0 Å². The van der Waals surface area contributed by atoms with E-state index in [4.69, 9.17) is 0 Å². The number of nitrogens with zero attached hydrogens (tertiary/aromatic N) is 4. The van der Waals surface area contributed by atoms with Gasteiger partial charge in [-0.05, 0) is 24.3 Å². The van der Waals surface area contributed by atoms with E-state index in [1.165, 1.54) is 23.7 Å². The molecule has 0 saturated heterocycles. The molecule has 1 aromatic heterocycles. The smallest absolute Gasteiger partial charge is 0.237 e. The van der Waals surface area contributed by atoms with Crippen LogP contribution in [-0.2, 0) is 0 Å². The molecule has 2 aromatic rings. The van der Waals surface area contributed by atoms with Gasteiger partial charge in [0.2, 0.25) is 4.80 Å². The molecule has 18 heavy (non-hydrogen) atoms. The van der Waals surface area contributed by atoms with E-state index >= 15 is 0 Å². The third-order valence-corrected chi connectivity index (χ3v) is 3.08. The largest absolute Gasteiger partial charge is 0.508 e. The molecule has 92 valence electrons. The number of hydrogen-bond acceptors (Lipinski definition) is 6. The minimum atomic E-state index is -0.222. The lowest BCUT2D eigenvalue weighted by molar-refractivity contribution is 0.101. The fraction of sp³-hybridized carbons (Fsp3) is 0.100. The minimum absolute atomic E-state index is 0.105. The Morgan fingerprint density at radius 1 is 1.39 bits per heavy atom. The van der Waals surface area contributed by atoms with Crippen molar-refractivity contribution in [2.24, 2.45) is 10.4 Å². The molecule has 0 aliphatic heterocycles. The molecule has 2 rings (SSSR count). The second-order valence-electron chi connectivity index (χ2n) is 3.36. The molecule has 0 saturated carbocycles. The number of benzene rings is 1. The highest BCUT2D eigenvalue weighted by atomic mass is 32.1. The van der Waals surface area contributed by atoms with Crippen molar-refractivity contribution < 1.29 is 9.90 Å². The average molecular weight is 264 g/mol. The predicted molar refractivity (Wildman–Crippen MR) is 64.5 cm³/mol. The van der Waals surface area contributed by atoms with Crippen LogP contribution in [-0.4, -0.2) is 20.7 Å². The summed E-state index contributed by atoms with van der Waals surface area (Å²) in [7, 11) is 0. The molecule has 0 spiro atoms. The zero-order valence-corrected chi connectivity index (χ0v) is 10.1. The maximum Gasteiger partial charge on any atom is 0.237 e. The Morgan fingerprint density at radius 3 is 2.61 bits per heavy atom. The van der Waals surface area contributed by atoms with E-state index < -0.39 is 0 Å². The van der Waals surface area contributed by atoms with Crippen molar-refractivity contribution in [2.75, 3.05) is 0 Å². The van der Waals surface area contributed by atoms with Gasteiger partial charge in [-0.3, -0.25) is 4.79 Å². The molecule has 1 heterocycles. The minimum Gasteiger partial charge on any atom is -0.508 e.